The number of amides is 1. The average Bonchev–Trinajstić information content (AvgIpc) is 2.68. The lowest BCUT2D eigenvalue weighted by Gasteiger charge is -2.22. The Morgan fingerprint density at radius 2 is 2.06 bits per heavy atom. The van der Waals surface area contributed by atoms with Crippen LogP contribution in [0.4, 0.5) is 0 Å². The molecule has 1 amide bonds. The molecule has 0 aromatic carbocycles. The van der Waals surface area contributed by atoms with Crippen LogP contribution in [0, 0.1) is 0 Å². The summed E-state index contributed by atoms with van der Waals surface area (Å²) in [4.78, 5) is 11.1. The lowest BCUT2D eigenvalue weighted by Crippen LogP contribution is -2.41. The van der Waals surface area contributed by atoms with Crippen LogP contribution < -0.4 is 10.6 Å². The summed E-state index contributed by atoms with van der Waals surface area (Å²) < 4.78 is 25.8. The Bertz CT molecular complexity index is 362. The largest absolute Gasteiger partial charge is 0.355 e. The Balaban J connectivity index is 2.07. The molecule has 2 heterocycles. The summed E-state index contributed by atoms with van der Waals surface area (Å²) in [5, 5.41) is 5.41. The highest BCUT2D eigenvalue weighted by Crippen LogP contribution is 2.16. The number of hydrogen-bond donors (Lipinski definition) is 2. The first kappa shape index (κ1) is 11.8. The number of rotatable bonds is 2. The first-order chi connectivity index (χ1) is 7.60. The predicted octanol–water partition coefficient (Wildman–Crippen LogP) is -1.50. The molecule has 1 atom stereocenters. The summed E-state index contributed by atoms with van der Waals surface area (Å²) in [5.41, 5.74) is 0. The molecule has 0 saturated carbocycles. The third-order valence-electron chi connectivity index (χ3n) is 3.07. The maximum absolute atomic E-state index is 12.2. The third kappa shape index (κ3) is 2.36. The molecular formula is C9H17N3O3S. The van der Waals surface area contributed by atoms with Crippen molar-refractivity contribution in [1.29, 1.82) is 0 Å². The molecule has 6 nitrogen and oxygen atoms in total. The van der Waals surface area contributed by atoms with E-state index in [-0.39, 0.29) is 17.6 Å². The van der Waals surface area contributed by atoms with Gasteiger partial charge in [0, 0.05) is 32.6 Å². The Morgan fingerprint density at radius 1 is 1.25 bits per heavy atom. The molecule has 0 aromatic rings. The van der Waals surface area contributed by atoms with Gasteiger partial charge < -0.3 is 10.6 Å². The second kappa shape index (κ2) is 4.68. The van der Waals surface area contributed by atoms with Crippen molar-refractivity contribution in [3.63, 3.8) is 0 Å². The fourth-order valence-corrected chi connectivity index (χ4v) is 3.95. The van der Waals surface area contributed by atoms with E-state index in [2.05, 4.69) is 10.6 Å². The van der Waals surface area contributed by atoms with Gasteiger partial charge in [0.05, 0.1) is 5.25 Å². The number of carbonyl (C=O) groups excluding carboxylic acids is 1. The summed E-state index contributed by atoms with van der Waals surface area (Å²) in [7, 11) is -3.23. The monoisotopic (exact) mass is 247 g/mol. The van der Waals surface area contributed by atoms with Gasteiger partial charge in [-0.15, -0.1) is 0 Å². The summed E-state index contributed by atoms with van der Waals surface area (Å²) in [5.74, 6) is -0.0674. The van der Waals surface area contributed by atoms with Crippen LogP contribution in [-0.2, 0) is 14.8 Å². The quantitative estimate of drug-likeness (QED) is 0.622. The maximum Gasteiger partial charge on any atom is 0.221 e. The van der Waals surface area contributed by atoms with E-state index in [1.54, 1.807) is 0 Å². The first-order valence-electron chi connectivity index (χ1n) is 5.57. The van der Waals surface area contributed by atoms with Crippen LogP contribution in [0.25, 0.3) is 0 Å². The lowest BCUT2D eigenvalue weighted by atomic mass is 10.4. The molecule has 2 aliphatic heterocycles. The van der Waals surface area contributed by atoms with Crippen molar-refractivity contribution in [2.24, 2.45) is 0 Å². The normalized spacial score (nSPS) is 28.8. The van der Waals surface area contributed by atoms with Crippen molar-refractivity contribution < 1.29 is 13.2 Å². The lowest BCUT2D eigenvalue weighted by molar-refractivity contribution is -0.120. The molecule has 7 heteroatoms. The van der Waals surface area contributed by atoms with Crippen molar-refractivity contribution in [2.75, 3.05) is 32.7 Å². The highest BCUT2D eigenvalue weighted by Gasteiger charge is 2.34. The van der Waals surface area contributed by atoms with Gasteiger partial charge in [0.15, 0.2) is 0 Å². The number of sulfonamides is 1. The van der Waals surface area contributed by atoms with E-state index in [1.807, 2.05) is 0 Å². The van der Waals surface area contributed by atoms with Crippen molar-refractivity contribution in [3.8, 4) is 0 Å². The van der Waals surface area contributed by atoms with Crippen LogP contribution in [0.1, 0.15) is 12.8 Å². The summed E-state index contributed by atoms with van der Waals surface area (Å²) in [6.07, 6.45) is 0.930. The van der Waals surface area contributed by atoms with Crippen molar-refractivity contribution >= 4 is 15.9 Å². The second-order valence-electron chi connectivity index (χ2n) is 4.16. The number of nitrogens with one attached hydrogen (secondary N) is 2. The van der Waals surface area contributed by atoms with E-state index >= 15 is 0 Å². The number of carbonyl (C=O) groups is 1. The molecular weight excluding hydrogens is 230 g/mol. The van der Waals surface area contributed by atoms with Crippen LogP contribution in [0.5, 0.6) is 0 Å². The van der Waals surface area contributed by atoms with E-state index < -0.39 is 10.0 Å². The van der Waals surface area contributed by atoms with Gasteiger partial charge in [-0.1, -0.05) is 0 Å². The second-order valence-corrected chi connectivity index (χ2v) is 6.37. The molecule has 1 unspecified atom stereocenters. The van der Waals surface area contributed by atoms with Crippen LogP contribution in [0.2, 0.25) is 0 Å². The van der Waals surface area contributed by atoms with E-state index in [4.69, 9.17) is 0 Å². The minimum Gasteiger partial charge on any atom is -0.355 e. The fraction of sp³-hybridized carbons (Fsp3) is 0.889. The molecule has 2 fully saturated rings. The van der Waals surface area contributed by atoms with Gasteiger partial charge in [-0.05, 0) is 13.0 Å². The summed E-state index contributed by atoms with van der Waals surface area (Å²) >= 11 is 0. The molecule has 0 bridgehead atoms. The topological polar surface area (TPSA) is 78.5 Å². The first-order valence-corrected chi connectivity index (χ1v) is 7.07. The Morgan fingerprint density at radius 3 is 2.75 bits per heavy atom. The average molecular weight is 247 g/mol. The molecule has 0 aliphatic carbocycles. The van der Waals surface area contributed by atoms with Gasteiger partial charge in [0.2, 0.25) is 15.9 Å². The van der Waals surface area contributed by atoms with Gasteiger partial charge in [-0.25, -0.2) is 8.42 Å². The van der Waals surface area contributed by atoms with Crippen molar-refractivity contribution in [3.05, 3.63) is 0 Å². The highest BCUT2D eigenvalue weighted by molar-refractivity contribution is 7.89. The molecule has 2 N–H and O–H groups in total. The van der Waals surface area contributed by atoms with E-state index in [0.717, 1.165) is 6.54 Å². The minimum absolute atomic E-state index is 0.0674. The van der Waals surface area contributed by atoms with Crippen molar-refractivity contribution in [1.82, 2.24) is 14.9 Å². The Labute approximate surface area is 95.4 Å². The van der Waals surface area contributed by atoms with Crippen LogP contribution in [0.15, 0.2) is 0 Å². The van der Waals surface area contributed by atoms with E-state index in [9.17, 15) is 13.2 Å². The molecule has 16 heavy (non-hydrogen) atoms. The van der Waals surface area contributed by atoms with Gasteiger partial charge in [-0.2, -0.15) is 4.31 Å². The molecule has 0 spiro atoms. The zero-order valence-electron chi connectivity index (χ0n) is 9.11. The van der Waals surface area contributed by atoms with Gasteiger partial charge >= 0.3 is 0 Å². The summed E-state index contributed by atoms with van der Waals surface area (Å²) in [6.45, 7) is 2.41. The molecule has 2 rings (SSSR count). The minimum atomic E-state index is -3.23. The van der Waals surface area contributed by atoms with E-state index in [0.29, 0.717) is 32.6 Å². The fourth-order valence-electron chi connectivity index (χ4n) is 2.09. The van der Waals surface area contributed by atoms with E-state index in [1.165, 1.54) is 4.31 Å². The molecule has 92 valence electrons. The standard InChI is InChI=1S/C9H17N3O3S/c13-9-2-5-12(6-4-11-9)16(14,15)8-1-3-10-7-8/h8,10H,1-7H2,(H,11,13). The van der Waals surface area contributed by atoms with Crippen LogP contribution >= 0.6 is 0 Å². The third-order valence-corrected chi connectivity index (χ3v) is 5.40. The smallest absolute Gasteiger partial charge is 0.221 e. The van der Waals surface area contributed by atoms with Crippen molar-refractivity contribution in [2.45, 2.75) is 18.1 Å². The van der Waals surface area contributed by atoms with Gasteiger partial charge in [0.1, 0.15) is 0 Å². The Hall–Kier alpha value is -0.660. The number of nitrogens with zero attached hydrogens (tertiary/aromatic N) is 1. The Kier molecular flexibility index (Phi) is 3.46. The highest BCUT2D eigenvalue weighted by atomic mass is 32.2. The molecule has 2 saturated heterocycles. The molecule has 2 aliphatic rings. The van der Waals surface area contributed by atoms with Crippen LogP contribution in [-0.4, -0.2) is 56.6 Å². The SMILES string of the molecule is O=C1CCN(S(=O)(=O)C2CCNC2)CCN1. The summed E-state index contributed by atoms with van der Waals surface area (Å²) in [6, 6.07) is 0. The van der Waals surface area contributed by atoms with Gasteiger partial charge in [0.25, 0.3) is 0 Å². The van der Waals surface area contributed by atoms with Crippen LogP contribution in [0.3, 0.4) is 0 Å². The molecule has 0 radical (unpaired) electrons. The number of hydrogen-bond acceptors (Lipinski definition) is 4. The predicted molar refractivity (Wildman–Crippen MR) is 59.4 cm³/mol. The van der Waals surface area contributed by atoms with Gasteiger partial charge in [-0.3, -0.25) is 4.79 Å². The zero-order chi connectivity index (χ0) is 11.6. The molecule has 0 aromatic heterocycles. The zero-order valence-corrected chi connectivity index (χ0v) is 9.92. The maximum atomic E-state index is 12.2.